The van der Waals surface area contributed by atoms with Gasteiger partial charge in [-0.2, -0.15) is 0 Å². The molecule has 0 saturated carbocycles. The van der Waals surface area contributed by atoms with Crippen molar-refractivity contribution in [3.05, 3.63) is 99.1 Å². The van der Waals surface area contributed by atoms with E-state index < -0.39 is 5.82 Å². The summed E-state index contributed by atoms with van der Waals surface area (Å²) in [6.07, 6.45) is 0. The number of carbonyl (C=O) groups is 1. The van der Waals surface area contributed by atoms with Gasteiger partial charge in [-0.3, -0.25) is 14.2 Å². The highest BCUT2D eigenvalue weighted by Crippen LogP contribution is 2.26. The van der Waals surface area contributed by atoms with Crippen molar-refractivity contribution in [1.29, 1.82) is 0 Å². The van der Waals surface area contributed by atoms with Gasteiger partial charge in [-0.15, -0.1) is 0 Å². The number of rotatable bonds is 8. The summed E-state index contributed by atoms with van der Waals surface area (Å²) in [4.78, 5) is 30.6. The van der Waals surface area contributed by atoms with Crippen LogP contribution < -0.4 is 10.9 Å². The van der Waals surface area contributed by atoms with Crippen molar-refractivity contribution in [2.45, 2.75) is 10.9 Å². The van der Waals surface area contributed by atoms with Gasteiger partial charge in [0.25, 0.3) is 11.5 Å². The van der Waals surface area contributed by atoms with Crippen molar-refractivity contribution in [2.75, 3.05) is 20.3 Å². The number of hydrogen-bond acceptors (Lipinski definition) is 5. The second kappa shape index (κ2) is 10.8. The average molecular weight is 498 g/mol. The molecule has 4 aromatic rings. The second-order valence-corrected chi connectivity index (χ2v) is 8.79. The normalized spacial score (nSPS) is 11.0. The van der Waals surface area contributed by atoms with Crippen LogP contribution in [0.5, 0.6) is 0 Å². The number of hydrogen-bond donors (Lipinski definition) is 1. The first-order valence-electron chi connectivity index (χ1n) is 10.4. The maximum absolute atomic E-state index is 14.0. The molecular formula is C25H21ClFN3O3S. The fraction of sp³-hybridized carbons (Fsp3) is 0.160. The Morgan fingerprint density at radius 2 is 1.97 bits per heavy atom. The molecule has 1 amide bonds. The molecule has 34 heavy (non-hydrogen) atoms. The van der Waals surface area contributed by atoms with Crippen LogP contribution in [0.2, 0.25) is 5.02 Å². The lowest BCUT2D eigenvalue weighted by molar-refractivity contribution is 0.0937. The Hall–Kier alpha value is -3.20. The zero-order valence-electron chi connectivity index (χ0n) is 18.3. The first-order chi connectivity index (χ1) is 16.5. The van der Waals surface area contributed by atoms with E-state index in [-0.39, 0.29) is 11.5 Å². The number of ether oxygens (including phenoxy) is 1. The molecule has 6 nitrogen and oxygen atoms in total. The number of methoxy groups -OCH3 is 1. The van der Waals surface area contributed by atoms with E-state index in [0.717, 1.165) is 5.56 Å². The van der Waals surface area contributed by atoms with Gasteiger partial charge < -0.3 is 10.1 Å². The molecule has 4 rings (SSSR count). The van der Waals surface area contributed by atoms with Crippen LogP contribution in [-0.2, 0) is 10.5 Å². The predicted octanol–water partition coefficient (Wildman–Crippen LogP) is 4.85. The van der Waals surface area contributed by atoms with Crippen LogP contribution in [0, 0.1) is 5.82 Å². The van der Waals surface area contributed by atoms with E-state index in [2.05, 4.69) is 10.3 Å². The molecule has 0 spiro atoms. The first kappa shape index (κ1) is 23.9. The first-order valence-corrected chi connectivity index (χ1v) is 11.8. The van der Waals surface area contributed by atoms with E-state index in [1.54, 1.807) is 43.5 Å². The van der Waals surface area contributed by atoms with Gasteiger partial charge in [0.1, 0.15) is 5.82 Å². The second-order valence-electron chi connectivity index (χ2n) is 7.41. The lowest BCUT2D eigenvalue weighted by Crippen LogP contribution is -2.27. The number of halogens is 2. The van der Waals surface area contributed by atoms with Gasteiger partial charge in [0, 0.05) is 30.0 Å². The molecule has 1 N–H and O–H groups in total. The molecule has 0 fully saturated rings. The number of aromatic nitrogens is 2. The van der Waals surface area contributed by atoms with Gasteiger partial charge in [0.15, 0.2) is 5.16 Å². The van der Waals surface area contributed by atoms with Gasteiger partial charge in [-0.1, -0.05) is 41.6 Å². The smallest absolute Gasteiger partial charge is 0.266 e. The van der Waals surface area contributed by atoms with Crippen molar-refractivity contribution in [3.8, 4) is 5.69 Å². The molecule has 0 saturated heterocycles. The van der Waals surface area contributed by atoms with E-state index in [4.69, 9.17) is 16.3 Å². The van der Waals surface area contributed by atoms with Crippen molar-refractivity contribution >= 4 is 40.2 Å². The van der Waals surface area contributed by atoms with E-state index >= 15 is 0 Å². The van der Waals surface area contributed by atoms with Gasteiger partial charge in [0.2, 0.25) is 0 Å². The molecule has 1 heterocycles. The summed E-state index contributed by atoms with van der Waals surface area (Å²) in [5.74, 6) is -0.257. The monoisotopic (exact) mass is 497 g/mol. The van der Waals surface area contributed by atoms with Crippen molar-refractivity contribution in [3.63, 3.8) is 0 Å². The number of benzene rings is 3. The summed E-state index contributed by atoms with van der Waals surface area (Å²) in [7, 11) is 1.55. The quantitative estimate of drug-likeness (QED) is 0.214. The zero-order valence-corrected chi connectivity index (χ0v) is 19.8. The molecule has 0 aliphatic carbocycles. The minimum atomic E-state index is -0.460. The lowest BCUT2D eigenvalue weighted by atomic mass is 10.1. The Bertz CT molecular complexity index is 1410. The number of fused-ring (bicyclic) bond motifs is 1. The number of nitrogens with one attached hydrogen (secondary N) is 1. The SMILES string of the molecule is COCCNC(=O)c1ccc2c(=O)n(-c3cccc(F)c3)c(SCc3cccc(Cl)c3)nc2c1. The minimum Gasteiger partial charge on any atom is -0.383 e. The molecule has 0 unspecified atom stereocenters. The largest absolute Gasteiger partial charge is 0.383 e. The highest BCUT2D eigenvalue weighted by molar-refractivity contribution is 7.98. The van der Waals surface area contributed by atoms with Crippen LogP contribution in [0.25, 0.3) is 16.6 Å². The maximum atomic E-state index is 14.0. The molecule has 0 bridgehead atoms. The Morgan fingerprint density at radius 1 is 1.15 bits per heavy atom. The molecule has 0 aliphatic rings. The third kappa shape index (κ3) is 5.47. The Labute approximate surface area is 204 Å². The van der Waals surface area contributed by atoms with Crippen molar-refractivity contribution in [1.82, 2.24) is 14.9 Å². The summed E-state index contributed by atoms with van der Waals surface area (Å²) in [5.41, 5.74) is 1.73. The van der Waals surface area contributed by atoms with Crippen LogP contribution in [0.3, 0.4) is 0 Å². The minimum absolute atomic E-state index is 0.289. The molecule has 0 atom stereocenters. The Kier molecular flexibility index (Phi) is 7.62. The fourth-order valence-electron chi connectivity index (χ4n) is 3.39. The summed E-state index contributed by atoms with van der Waals surface area (Å²) < 4.78 is 20.3. The number of amides is 1. The van der Waals surface area contributed by atoms with Crippen LogP contribution in [0.1, 0.15) is 15.9 Å². The number of thioether (sulfide) groups is 1. The maximum Gasteiger partial charge on any atom is 0.266 e. The lowest BCUT2D eigenvalue weighted by Gasteiger charge is -2.14. The molecule has 0 radical (unpaired) electrons. The van der Waals surface area contributed by atoms with Crippen LogP contribution in [-0.4, -0.2) is 35.7 Å². The van der Waals surface area contributed by atoms with Gasteiger partial charge >= 0.3 is 0 Å². The Balaban J connectivity index is 1.78. The highest BCUT2D eigenvalue weighted by atomic mass is 35.5. The van der Waals surface area contributed by atoms with Crippen molar-refractivity contribution < 1.29 is 13.9 Å². The average Bonchev–Trinajstić information content (AvgIpc) is 2.82. The van der Waals surface area contributed by atoms with Gasteiger partial charge in [-0.25, -0.2) is 9.37 Å². The standard InChI is InChI=1S/C25H21ClFN3O3S/c1-33-11-10-28-23(31)17-8-9-21-22(13-17)29-25(34-15-16-4-2-5-18(26)12-16)30(24(21)32)20-7-3-6-19(27)14-20/h2-9,12-14H,10-11,15H2,1H3,(H,28,31). The molecular weight excluding hydrogens is 477 g/mol. The van der Waals surface area contributed by atoms with Crippen LogP contribution in [0.4, 0.5) is 4.39 Å². The van der Waals surface area contributed by atoms with E-state index in [1.807, 2.05) is 18.2 Å². The summed E-state index contributed by atoms with van der Waals surface area (Å²) in [6, 6.07) is 17.9. The van der Waals surface area contributed by atoms with Gasteiger partial charge in [0.05, 0.1) is 23.2 Å². The van der Waals surface area contributed by atoms with Crippen LogP contribution in [0.15, 0.2) is 76.7 Å². The zero-order chi connectivity index (χ0) is 24.1. The third-order valence-corrected chi connectivity index (χ3v) is 6.26. The molecule has 3 aromatic carbocycles. The topological polar surface area (TPSA) is 73.2 Å². The predicted molar refractivity (Wildman–Crippen MR) is 133 cm³/mol. The summed E-state index contributed by atoms with van der Waals surface area (Å²) >= 11 is 7.42. The van der Waals surface area contributed by atoms with Crippen LogP contribution >= 0.6 is 23.4 Å². The van der Waals surface area contributed by atoms with E-state index in [0.29, 0.717) is 51.2 Å². The highest BCUT2D eigenvalue weighted by Gasteiger charge is 2.16. The summed E-state index contributed by atoms with van der Waals surface area (Å²) in [6.45, 7) is 0.753. The molecule has 0 aliphatic heterocycles. The Morgan fingerprint density at radius 3 is 2.74 bits per heavy atom. The summed E-state index contributed by atoms with van der Waals surface area (Å²) in [5, 5.41) is 4.06. The third-order valence-electron chi connectivity index (χ3n) is 5.02. The molecule has 174 valence electrons. The molecule has 9 heteroatoms. The van der Waals surface area contributed by atoms with E-state index in [1.165, 1.54) is 28.5 Å². The number of nitrogens with zero attached hydrogens (tertiary/aromatic N) is 2. The van der Waals surface area contributed by atoms with E-state index in [9.17, 15) is 14.0 Å². The van der Waals surface area contributed by atoms with Gasteiger partial charge in [-0.05, 0) is 54.1 Å². The van der Waals surface area contributed by atoms with Crippen molar-refractivity contribution in [2.24, 2.45) is 0 Å². The number of carbonyl (C=O) groups excluding carboxylic acids is 1. The fourth-order valence-corrected chi connectivity index (χ4v) is 4.56. The molecule has 1 aromatic heterocycles.